The first kappa shape index (κ1) is 17.5. The van der Waals surface area contributed by atoms with Crippen LogP contribution >= 0.6 is 11.8 Å². The summed E-state index contributed by atoms with van der Waals surface area (Å²) < 4.78 is 13.4. The third-order valence-electron chi connectivity index (χ3n) is 4.45. The molecule has 1 unspecified atom stereocenters. The zero-order valence-electron chi connectivity index (χ0n) is 14.5. The van der Waals surface area contributed by atoms with Gasteiger partial charge < -0.3 is 5.32 Å². The maximum absolute atomic E-state index is 13.4. The van der Waals surface area contributed by atoms with Gasteiger partial charge in [-0.1, -0.05) is 42.1 Å². The van der Waals surface area contributed by atoms with Crippen molar-refractivity contribution < 1.29 is 14.0 Å². The molecule has 4 rings (SSSR count). The number of rotatable bonds is 3. The molecule has 2 aliphatic heterocycles. The molecule has 0 spiro atoms. The number of carbonyl (C=O) groups excluding carboxylic acids is 2. The zero-order chi connectivity index (χ0) is 19.0. The fourth-order valence-corrected chi connectivity index (χ4v) is 4.15. The highest BCUT2D eigenvalue weighted by Gasteiger charge is 2.42. The van der Waals surface area contributed by atoms with E-state index in [4.69, 9.17) is 0 Å². The van der Waals surface area contributed by atoms with Gasteiger partial charge in [0.1, 0.15) is 5.82 Å². The van der Waals surface area contributed by atoms with E-state index in [0.29, 0.717) is 27.7 Å². The summed E-state index contributed by atoms with van der Waals surface area (Å²) in [7, 11) is 0. The third-order valence-corrected chi connectivity index (χ3v) is 5.38. The number of fused-ring (bicyclic) bond motifs is 1. The average Bonchev–Trinajstić information content (AvgIpc) is 3.02. The number of para-hydroxylation sites is 1. The van der Waals surface area contributed by atoms with Crippen LogP contribution in [0.1, 0.15) is 18.5 Å². The summed E-state index contributed by atoms with van der Waals surface area (Å²) in [6, 6.07) is 14.3. The summed E-state index contributed by atoms with van der Waals surface area (Å²) in [5.74, 6) is -0.551. The number of halogens is 1. The molecule has 0 aliphatic carbocycles. The molecular formula is C20H16FN3O2S. The van der Waals surface area contributed by atoms with E-state index in [9.17, 15) is 14.0 Å². The van der Waals surface area contributed by atoms with Crippen LogP contribution in [0.3, 0.4) is 0 Å². The Balaban J connectivity index is 1.78. The summed E-state index contributed by atoms with van der Waals surface area (Å²) in [6.07, 6.45) is 0. The summed E-state index contributed by atoms with van der Waals surface area (Å²) in [5, 5.41) is 3.44. The van der Waals surface area contributed by atoms with Gasteiger partial charge in [0.15, 0.2) is 5.17 Å². The highest BCUT2D eigenvalue weighted by molar-refractivity contribution is 8.15. The number of aliphatic imine (C=N–C) groups is 1. The van der Waals surface area contributed by atoms with E-state index < -0.39 is 6.04 Å². The van der Waals surface area contributed by atoms with Crippen LogP contribution in [0.2, 0.25) is 0 Å². The number of benzene rings is 2. The van der Waals surface area contributed by atoms with Gasteiger partial charge in [-0.05, 0) is 36.8 Å². The molecule has 2 aliphatic rings. The van der Waals surface area contributed by atoms with E-state index in [-0.39, 0.29) is 23.4 Å². The molecule has 2 aromatic rings. The second kappa shape index (κ2) is 7.00. The predicted octanol–water partition coefficient (Wildman–Crippen LogP) is 3.72. The molecule has 2 heterocycles. The van der Waals surface area contributed by atoms with E-state index >= 15 is 0 Å². The maximum atomic E-state index is 13.4. The van der Waals surface area contributed by atoms with E-state index in [0.717, 1.165) is 0 Å². The Hall–Kier alpha value is -2.93. The normalized spacial score (nSPS) is 19.0. The Morgan fingerprint density at radius 2 is 1.89 bits per heavy atom. The number of thioether (sulfide) groups is 1. The molecule has 27 heavy (non-hydrogen) atoms. The number of amides is 2. The highest BCUT2D eigenvalue weighted by Crippen LogP contribution is 2.40. The van der Waals surface area contributed by atoms with Crippen LogP contribution in [0.4, 0.5) is 10.1 Å². The number of nitrogens with zero attached hydrogens (tertiary/aromatic N) is 2. The summed E-state index contributed by atoms with van der Waals surface area (Å²) in [4.78, 5) is 31.5. The van der Waals surface area contributed by atoms with Gasteiger partial charge >= 0.3 is 0 Å². The Morgan fingerprint density at radius 3 is 2.59 bits per heavy atom. The fraction of sp³-hybridized carbons (Fsp3) is 0.150. The molecule has 2 aromatic carbocycles. The van der Waals surface area contributed by atoms with Gasteiger partial charge in [-0.25, -0.2) is 9.38 Å². The van der Waals surface area contributed by atoms with Crippen molar-refractivity contribution in [2.45, 2.75) is 13.0 Å². The van der Waals surface area contributed by atoms with Crippen LogP contribution in [0, 0.1) is 5.82 Å². The standard InChI is InChI=1S/C20H16FN3O2S/c1-12-17(19(26)23-15-5-3-2-4-6-15)18(13-7-9-14(21)10-8-13)24-16(25)11-27-20(24)22-12/h2-10,18H,11H2,1H3,(H,23,26). The zero-order valence-corrected chi connectivity index (χ0v) is 15.3. The average molecular weight is 381 g/mol. The minimum absolute atomic E-state index is 0.120. The lowest BCUT2D eigenvalue weighted by Crippen LogP contribution is -2.40. The highest BCUT2D eigenvalue weighted by atomic mass is 32.2. The van der Waals surface area contributed by atoms with Crippen LogP contribution in [-0.2, 0) is 9.59 Å². The minimum atomic E-state index is -0.635. The molecule has 1 saturated heterocycles. The van der Waals surface area contributed by atoms with Gasteiger partial charge in [0.2, 0.25) is 5.91 Å². The lowest BCUT2D eigenvalue weighted by atomic mass is 9.93. The fourth-order valence-electron chi connectivity index (χ4n) is 3.21. The second-order valence-corrected chi connectivity index (χ2v) is 7.16. The van der Waals surface area contributed by atoms with Crippen LogP contribution in [0.15, 0.2) is 70.9 Å². The summed E-state index contributed by atoms with van der Waals surface area (Å²) >= 11 is 1.34. The van der Waals surface area contributed by atoms with Crippen LogP contribution in [0.5, 0.6) is 0 Å². The minimum Gasteiger partial charge on any atom is -0.322 e. The van der Waals surface area contributed by atoms with Gasteiger partial charge in [0.25, 0.3) is 5.91 Å². The van der Waals surface area contributed by atoms with Crippen molar-refractivity contribution in [2.24, 2.45) is 4.99 Å². The van der Waals surface area contributed by atoms with Crippen molar-refractivity contribution in [1.82, 2.24) is 4.90 Å². The predicted molar refractivity (Wildman–Crippen MR) is 104 cm³/mol. The topological polar surface area (TPSA) is 61.8 Å². The van der Waals surface area contributed by atoms with Gasteiger partial charge in [-0.15, -0.1) is 0 Å². The molecule has 0 bridgehead atoms. The number of hydrogen-bond donors (Lipinski definition) is 1. The van der Waals surface area contributed by atoms with Gasteiger partial charge in [0.05, 0.1) is 23.1 Å². The number of carbonyl (C=O) groups is 2. The maximum Gasteiger partial charge on any atom is 0.255 e. The third kappa shape index (κ3) is 3.26. The van der Waals surface area contributed by atoms with Crippen LogP contribution in [0.25, 0.3) is 0 Å². The SMILES string of the molecule is CC1=C(C(=O)Nc2ccccc2)C(c2ccc(F)cc2)N2C(=O)CSC2=N1. The summed E-state index contributed by atoms with van der Waals surface area (Å²) in [5.41, 5.74) is 2.24. The molecular weight excluding hydrogens is 365 g/mol. The molecule has 5 nitrogen and oxygen atoms in total. The number of amidine groups is 1. The lowest BCUT2D eigenvalue weighted by molar-refractivity contribution is -0.125. The van der Waals surface area contributed by atoms with Gasteiger partial charge in [0, 0.05) is 5.69 Å². The van der Waals surface area contributed by atoms with E-state index in [1.165, 1.54) is 28.8 Å². The van der Waals surface area contributed by atoms with Gasteiger partial charge in [-0.3, -0.25) is 14.5 Å². The Bertz CT molecular complexity index is 970. The molecule has 1 fully saturated rings. The quantitative estimate of drug-likeness (QED) is 0.881. The van der Waals surface area contributed by atoms with E-state index in [1.54, 1.807) is 31.2 Å². The first-order chi connectivity index (χ1) is 13.0. The van der Waals surface area contributed by atoms with Crippen molar-refractivity contribution in [1.29, 1.82) is 0 Å². The van der Waals surface area contributed by atoms with Crippen LogP contribution < -0.4 is 5.32 Å². The van der Waals surface area contributed by atoms with E-state index in [2.05, 4.69) is 10.3 Å². The van der Waals surface area contributed by atoms with Crippen molar-refractivity contribution in [3.05, 3.63) is 77.2 Å². The molecule has 7 heteroatoms. The molecule has 0 aromatic heterocycles. The van der Waals surface area contributed by atoms with Crippen molar-refractivity contribution >= 4 is 34.4 Å². The summed E-state index contributed by atoms with van der Waals surface area (Å²) in [6.45, 7) is 1.75. The molecule has 1 N–H and O–H groups in total. The Kier molecular flexibility index (Phi) is 4.53. The molecule has 1 atom stereocenters. The van der Waals surface area contributed by atoms with Crippen molar-refractivity contribution in [2.75, 3.05) is 11.1 Å². The van der Waals surface area contributed by atoms with Crippen LogP contribution in [-0.4, -0.2) is 27.6 Å². The monoisotopic (exact) mass is 381 g/mol. The second-order valence-electron chi connectivity index (χ2n) is 6.22. The van der Waals surface area contributed by atoms with Crippen molar-refractivity contribution in [3.63, 3.8) is 0 Å². The van der Waals surface area contributed by atoms with Crippen molar-refractivity contribution in [3.8, 4) is 0 Å². The Labute approximate surface area is 160 Å². The number of allylic oxidation sites excluding steroid dienone is 1. The first-order valence-corrected chi connectivity index (χ1v) is 9.39. The number of hydrogen-bond acceptors (Lipinski definition) is 4. The van der Waals surface area contributed by atoms with E-state index in [1.807, 2.05) is 18.2 Å². The largest absolute Gasteiger partial charge is 0.322 e. The Morgan fingerprint density at radius 1 is 1.19 bits per heavy atom. The molecule has 0 saturated carbocycles. The number of nitrogens with one attached hydrogen (secondary N) is 1. The van der Waals surface area contributed by atoms with Gasteiger partial charge in [-0.2, -0.15) is 0 Å². The lowest BCUT2D eigenvalue weighted by Gasteiger charge is -2.33. The first-order valence-electron chi connectivity index (χ1n) is 8.41. The molecule has 2 amide bonds. The number of anilines is 1. The molecule has 136 valence electrons. The smallest absolute Gasteiger partial charge is 0.255 e. The molecule has 0 radical (unpaired) electrons.